The van der Waals surface area contributed by atoms with Gasteiger partial charge in [-0.25, -0.2) is 8.42 Å². The minimum atomic E-state index is -3.77. The van der Waals surface area contributed by atoms with Crippen LogP contribution in [0.2, 0.25) is 0 Å². The van der Waals surface area contributed by atoms with Gasteiger partial charge in [0.25, 0.3) is 0 Å². The molecule has 0 aliphatic carbocycles. The maximum Gasteiger partial charge on any atom is 0.309 e. The second-order valence-electron chi connectivity index (χ2n) is 5.82. The summed E-state index contributed by atoms with van der Waals surface area (Å²) in [6, 6.07) is 6.52. The molecule has 0 saturated carbocycles. The molecule has 0 aromatic heterocycles. The largest absolute Gasteiger partial charge is 0.360 e. The van der Waals surface area contributed by atoms with Crippen LogP contribution < -0.4 is 10.6 Å². The number of amides is 2. The number of carbonyl (C=O) groups is 2. The molecule has 26 heavy (non-hydrogen) atoms. The molecule has 1 aromatic carbocycles. The zero-order chi connectivity index (χ0) is 19.2. The summed E-state index contributed by atoms with van der Waals surface area (Å²) >= 11 is 0. The fourth-order valence-corrected chi connectivity index (χ4v) is 4.02. The van der Waals surface area contributed by atoms with Crippen molar-refractivity contribution in [3.63, 3.8) is 0 Å². The highest BCUT2D eigenvalue weighted by Gasteiger charge is 2.34. The highest BCUT2D eigenvalue weighted by Crippen LogP contribution is 2.22. The molecule has 2 amide bonds. The highest BCUT2D eigenvalue weighted by molar-refractivity contribution is 7.89. The maximum absolute atomic E-state index is 12.9. The number of benzene rings is 1. The lowest BCUT2D eigenvalue weighted by atomic mass is 10.2. The summed E-state index contributed by atoms with van der Waals surface area (Å²) in [7, 11) is -3.77. The van der Waals surface area contributed by atoms with E-state index in [-0.39, 0.29) is 24.5 Å². The Labute approximate surface area is 153 Å². The maximum atomic E-state index is 12.9. The first kappa shape index (κ1) is 20.1. The van der Waals surface area contributed by atoms with E-state index in [2.05, 4.69) is 17.2 Å². The second-order valence-corrected chi connectivity index (χ2v) is 7.71. The van der Waals surface area contributed by atoms with Crippen molar-refractivity contribution in [3.8, 4) is 0 Å². The topological polar surface area (TPSA) is 105 Å². The summed E-state index contributed by atoms with van der Waals surface area (Å²) in [4.78, 5) is 23.5. The van der Waals surface area contributed by atoms with E-state index in [1.54, 1.807) is 12.1 Å². The number of carbonyl (C=O) groups excluding carboxylic acids is 2. The van der Waals surface area contributed by atoms with Crippen LogP contribution in [0.3, 0.4) is 0 Å². The zero-order valence-electron chi connectivity index (χ0n) is 14.6. The van der Waals surface area contributed by atoms with E-state index in [0.717, 1.165) is 5.56 Å². The zero-order valence-corrected chi connectivity index (χ0v) is 15.4. The number of aryl methyl sites for hydroxylation is 1. The first-order valence-electron chi connectivity index (χ1n) is 8.23. The molecule has 0 unspecified atom stereocenters. The third-order valence-corrected chi connectivity index (χ3v) is 5.74. The molecule has 1 atom stereocenters. The van der Waals surface area contributed by atoms with Crippen molar-refractivity contribution in [1.82, 2.24) is 14.9 Å². The lowest BCUT2D eigenvalue weighted by molar-refractivity contribution is -0.140. The van der Waals surface area contributed by atoms with Crippen molar-refractivity contribution >= 4 is 21.8 Å². The molecule has 0 bridgehead atoms. The van der Waals surface area contributed by atoms with Gasteiger partial charge >= 0.3 is 11.8 Å². The number of hydrogen-bond acceptors (Lipinski definition) is 5. The lowest BCUT2D eigenvalue weighted by Crippen LogP contribution is -2.53. The number of ether oxygens (including phenoxy) is 1. The van der Waals surface area contributed by atoms with Gasteiger partial charge in [0.15, 0.2) is 0 Å². The van der Waals surface area contributed by atoms with Crippen molar-refractivity contribution in [2.24, 2.45) is 0 Å². The Hall–Kier alpha value is -2.23. The van der Waals surface area contributed by atoms with E-state index < -0.39 is 28.1 Å². The molecular formula is C17H23N3O5S. The summed E-state index contributed by atoms with van der Waals surface area (Å²) in [6.45, 7) is 6.02. The summed E-state index contributed by atoms with van der Waals surface area (Å²) in [5.41, 5.74) is 0.952. The minimum absolute atomic E-state index is 0.120. The van der Waals surface area contributed by atoms with Crippen LogP contribution in [0.5, 0.6) is 0 Å². The average Bonchev–Trinajstić information content (AvgIpc) is 2.64. The van der Waals surface area contributed by atoms with E-state index in [4.69, 9.17) is 4.74 Å². The number of rotatable bonds is 6. The molecule has 1 heterocycles. The first-order chi connectivity index (χ1) is 12.4. The molecule has 1 aliphatic heterocycles. The van der Waals surface area contributed by atoms with Gasteiger partial charge in [-0.1, -0.05) is 23.8 Å². The van der Waals surface area contributed by atoms with Crippen molar-refractivity contribution in [3.05, 3.63) is 42.5 Å². The number of nitrogens with zero attached hydrogens (tertiary/aromatic N) is 1. The summed E-state index contributed by atoms with van der Waals surface area (Å²) in [5.74, 6) is -1.66. The van der Waals surface area contributed by atoms with E-state index >= 15 is 0 Å². The smallest absolute Gasteiger partial charge is 0.309 e. The van der Waals surface area contributed by atoms with Gasteiger partial charge in [0.05, 0.1) is 18.0 Å². The van der Waals surface area contributed by atoms with Crippen molar-refractivity contribution in [2.45, 2.75) is 24.5 Å². The van der Waals surface area contributed by atoms with Gasteiger partial charge in [0.2, 0.25) is 10.0 Å². The molecule has 1 aliphatic rings. The number of sulfonamides is 1. The van der Waals surface area contributed by atoms with E-state index in [1.165, 1.54) is 22.5 Å². The first-order valence-corrected chi connectivity index (χ1v) is 9.67. The van der Waals surface area contributed by atoms with Crippen molar-refractivity contribution in [2.75, 3.05) is 26.2 Å². The molecule has 0 spiro atoms. The molecule has 8 nitrogen and oxygen atoms in total. The Balaban J connectivity index is 2.07. The van der Waals surface area contributed by atoms with Gasteiger partial charge in [0, 0.05) is 13.1 Å². The summed E-state index contributed by atoms with van der Waals surface area (Å²) < 4.78 is 32.5. The Morgan fingerprint density at radius 3 is 2.58 bits per heavy atom. The summed E-state index contributed by atoms with van der Waals surface area (Å²) in [5, 5.41) is 4.76. The fourth-order valence-electron chi connectivity index (χ4n) is 2.45. The number of nitrogens with one attached hydrogen (secondary N) is 2. The van der Waals surface area contributed by atoms with Gasteiger partial charge in [-0.05, 0) is 25.5 Å². The Morgan fingerprint density at radius 2 is 1.92 bits per heavy atom. The van der Waals surface area contributed by atoms with Crippen LogP contribution in [0.1, 0.15) is 12.0 Å². The minimum Gasteiger partial charge on any atom is -0.360 e. The van der Waals surface area contributed by atoms with E-state index in [1.807, 2.05) is 6.92 Å². The Kier molecular flexibility index (Phi) is 6.90. The molecule has 1 aromatic rings. The van der Waals surface area contributed by atoms with Crippen molar-refractivity contribution < 1.29 is 22.7 Å². The average molecular weight is 381 g/mol. The SMILES string of the molecule is C=CCNC(=O)C(=O)NC[C@H]1OCCCN1S(=O)(=O)c1ccc(C)cc1. The van der Waals surface area contributed by atoms with Crippen LogP contribution in [0.25, 0.3) is 0 Å². The normalized spacial score (nSPS) is 18.1. The molecule has 2 N–H and O–H groups in total. The number of hydrogen-bond donors (Lipinski definition) is 2. The summed E-state index contributed by atoms with van der Waals surface area (Å²) in [6.07, 6.45) is 1.13. The van der Waals surface area contributed by atoms with Gasteiger partial charge in [-0.2, -0.15) is 4.31 Å². The molecule has 1 saturated heterocycles. The van der Waals surface area contributed by atoms with Gasteiger partial charge < -0.3 is 15.4 Å². The van der Waals surface area contributed by atoms with Crippen LogP contribution in [0.4, 0.5) is 0 Å². The molecule has 2 rings (SSSR count). The van der Waals surface area contributed by atoms with Gasteiger partial charge in [-0.3, -0.25) is 9.59 Å². The lowest BCUT2D eigenvalue weighted by Gasteiger charge is -2.34. The van der Waals surface area contributed by atoms with E-state index in [0.29, 0.717) is 13.0 Å². The quantitative estimate of drug-likeness (QED) is 0.539. The van der Waals surface area contributed by atoms with Gasteiger partial charge in [-0.15, -0.1) is 6.58 Å². The Bertz CT molecular complexity index is 761. The van der Waals surface area contributed by atoms with E-state index in [9.17, 15) is 18.0 Å². The molecule has 142 valence electrons. The van der Waals surface area contributed by atoms with Crippen LogP contribution >= 0.6 is 0 Å². The third-order valence-electron chi connectivity index (χ3n) is 3.83. The Morgan fingerprint density at radius 1 is 1.27 bits per heavy atom. The fraction of sp³-hybridized carbons (Fsp3) is 0.412. The van der Waals surface area contributed by atoms with Crippen LogP contribution in [-0.4, -0.2) is 57.0 Å². The predicted octanol–water partition coefficient (Wildman–Crippen LogP) is 0.151. The predicted molar refractivity (Wildman–Crippen MR) is 95.6 cm³/mol. The van der Waals surface area contributed by atoms with Crippen LogP contribution in [-0.2, 0) is 24.3 Å². The highest BCUT2D eigenvalue weighted by atomic mass is 32.2. The standard InChI is InChI=1S/C17H23N3O5S/c1-3-9-18-16(21)17(22)19-12-15-20(10-4-11-25-15)26(23,24)14-7-5-13(2)6-8-14/h3,5-8,15H,1,4,9-12H2,2H3,(H,18,21)(H,19,22)/t15-/m1/s1. The second kappa shape index (κ2) is 8.93. The molecule has 1 fully saturated rings. The van der Waals surface area contributed by atoms with Crippen LogP contribution in [0.15, 0.2) is 41.8 Å². The van der Waals surface area contributed by atoms with Gasteiger partial charge in [0.1, 0.15) is 6.23 Å². The monoisotopic (exact) mass is 381 g/mol. The van der Waals surface area contributed by atoms with Crippen molar-refractivity contribution in [1.29, 1.82) is 0 Å². The van der Waals surface area contributed by atoms with Crippen LogP contribution in [0, 0.1) is 6.92 Å². The third kappa shape index (κ3) is 4.90. The molecular weight excluding hydrogens is 358 g/mol. The molecule has 0 radical (unpaired) electrons. The molecule has 9 heteroatoms.